The summed E-state index contributed by atoms with van der Waals surface area (Å²) in [4.78, 5) is 16.8. The van der Waals surface area contributed by atoms with Crippen LogP contribution >= 0.6 is 0 Å². The molecule has 0 radical (unpaired) electrons. The summed E-state index contributed by atoms with van der Waals surface area (Å²) in [6.07, 6.45) is 3.14. The molecule has 11 heteroatoms. The van der Waals surface area contributed by atoms with Gasteiger partial charge in [-0.3, -0.25) is 4.79 Å². The number of likely N-dealkylation sites (tertiary alicyclic amines) is 1. The summed E-state index contributed by atoms with van der Waals surface area (Å²) in [6.45, 7) is 1.12. The Morgan fingerprint density at radius 1 is 1.14 bits per heavy atom. The van der Waals surface area contributed by atoms with Gasteiger partial charge in [-0.15, -0.1) is 0 Å². The Bertz CT molecular complexity index is 1100. The summed E-state index contributed by atoms with van der Waals surface area (Å²) in [5.41, 5.74) is 0.538. The summed E-state index contributed by atoms with van der Waals surface area (Å²) in [5, 5.41) is 0. The number of H-pyrrole nitrogens is 1. The fourth-order valence-electron chi connectivity index (χ4n) is 3.10. The molecule has 2 aromatic rings. The lowest BCUT2D eigenvalue weighted by atomic mass is 10.2. The number of carbonyl (C=O) groups excluding carboxylic acids is 1. The molecular formula is C18H24N4O5S2. The number of aromatic nitrogens is 1. The van der Waals surface area contributed by atoms with Gasteiger partial charge in [-0.25, -0.2) is 25.9 Å². The minimum absolute atomic E-state index is 0.0340. The van der Waals surface area contributed by atoms with Crippen molar-refractivity contribution in [2.24, 2.45) is 0 Å². The molecular weight excluding hydrogens is 416 g/mol. The Kier molecular flexibility index (Phi) is 6.13. The number of carbonyl (C=O) groups is 1. The van der Waals surface area contributed by atoms with Crippen molar-refractivity contribution in [2.45, 2.75) is 29.2 Å². The van der Waals surface area contributed by atoms with Crippen LogP contribution in [0.4, 0.5) is 0 Å². The van der Waals surface area contributed by atoms with E-state index in [1.807, 2.05) is 0 Å². The van der Waals surface area contributed by atoms with E-state index in [2.05, 4.69) is 9.71 Å². The largest absolute Gasteiger partial charge is 0.356 e. The molecule has 0 atom stereocenters. The van der Waals surface area contributed by atoms with E-state index in [-0.39, 0.29) is 27.9 Å². The van der Waals surface area contributed by atoms with Gasteiger partial charge in [0, 0.05) is 39.9 Å². The minimum Gasteiger partial charge on any atom is -0.356 e. The predicted octanol–water partition coefficient (Wildman–Crippen LogP) is 0.980. The Hall–Kier alpha value is -2.21. The first kappa shape index (κ1) is 21.5. The van der Waals surface area contributed by atoms with E-state index >= 15 is 0 Å². The van der Waals surface area contributed by atoms with Crippen molar-refractivity contribution in [3.63, 3.8) is 0 Å². The Balaban J connectivity index is 1.77. The lowest BCUT2D eigenvalue weighted by Crippen LogP contribution is -2.28. The van der Waals surface area contributed by atoms with E-state index < -0.39 is 20.0 Å². The van der Waals surface area contributed by atoms with Crippen LogP contribution in [-0.2, 0) is 26.6 Å². The summed E-state index contributed by atoms with van der Waals surface area (Å²) in [6, 6.07) is 7.50. The van der Waals surface area contributed by atoms with Crippen LogP contribution in [0.15, 0.2) is 46.3 Å². The van der Waals surface area contributed by atoms with Gasteiger partial charge in [-0.05, 0) is 30.5 Å². The first-order valence-corrected chi connectivity index (χ1v) is 12.0. The lowest BCUT2D eigenvalue weighted by molar-refractivity contribution is 0.0787. The normalized spacial score (nSPS) is 15.2. The standard InChI is InChI=1S/C18H24N4O5S2/c1-21(2)29(26,27)17-8-4-3-7-14(17)12-20-28(24,25)15-11-16(19-13-15)18(23)22-9-5-6-10-22/h3-4,7-8,11,13,19-20H,5-6,9-10,12H2,1-2H3. The molecule has 1 aromatic carbocycles. The number of hydrogen-bond acceptors (Lipinski definition) is 5. The molecule has 0 spiro atoms. The van der Waals surface area contributed by atoms with Gasteiger partial charge in [-0.2, -0.15) is 0 Å². The number of sulfonamides is 2. The van der Waals surface area contributed by atoms with Crippen molar-refractivity contribution >= 4 is 26.0 Å². The molecule has 0 unspecified atom stereocenters. The highest BCUT2D eigenvalue weighted by molar-refractivity contribution is 7.89. The monoisotopic (exact) mass is 440 g/mol. The molecule has 158 valence electrons. The average Bonchev–Trinajstić information content (AvgIpc) is 3.38. The molecule has 1 aliphatic heterocycles. The highest BCUT2D eigenvalue weighted by Gasteiger charge is 2.25. The molecule has 1 fully saturated rings. The average molecular weight is 441 g/mol. The van der Waals surface area contributed by atoms with Crippen molar-refractivity contribution < 1.29 is 21.6 Å². The van der Waals surface area contributed by atoms with E-state index in [1.54, 1.807) is 23.1 Å². The van der Waals surface area contributed by atoms with Gasteiger partial charge in [-0.1, -0.05) is 18.2 Å². The molecule has 0 bridgehead atoms. The molecule has 1 aromatic heterocycles. The zero-order valence-corrected chi connectivity index (χ0v) is 17.9. The first-order valence-electron chi connectivity index (χ1n) is 9.11. The summed E-state index contributed by atoms with van der Waals surface area (Å²) >= 11 is 0. The zero-order chi connectivity index (χ0) is 21.2. The molecule has 3 rings (SSSR count). The van der Waals surface area contributed by atoms with Crippen LogP contribution in [-0.4, -0.2) is 64.1 Å². The van der Waals surface area contributed by atoms with Crippen molar-refractivity contribution in [3.8, 4) is 0 Å². The first-order chi connectivity index (χ1) is 13.6. The fourth-order valence-corrected chi connectivity index (χ4v) is 5.21. The van der Waals surface area contributed by atoms with Crippen LogP contribution in [0.2, 0.25) is 0 Å². The number of benzene rings is 1. The number of nitrogens with zero attached hydrogens (tertiary/aromatic N) is 2. The number of hydrogen-bond donors (Lipinski definition) is 2. The van der Waals surface area contributed by atoms with E-state index in [4.69, 9.17) is 0 Å². The summed E-state index contributed by atoms with van der Waals surface area (Å²) in [7, 11) is -4.83. The summed E-state index contributed by atoms with van der Waals surface area (Å²) < 4.78 is 53.7. The van der Waals surface area contributed by atoms with Crippen LogP contribution in [0.25, 0.3) is 0 Å². The molecule has 29 heavy (non-hydrogen) atoms. The third-order valence-electron chi connectivity index (χ3n) is 4.77. The topological polar surface area (TPSA) is 120 Å². The van der Waals surface area contributed by atoms with E-state index in [0.717, 1.165) is 17.1 Å². The molecule has 1 saturated heterocycles. The fraction of sp³-hybridized carbons (Fsp3) is 0.389. The Labute approximate surface area is 170 Å². The molecule has 0 saturated carbocycles. The van der Waals surface area contributed by atoms with Gasteiger partial charge < -0.3 is 9.88 Å². The second-order valence-corrected chi connectivity index (χ2v) is 10.9. The maximum atomic E-state index is 12.6. The quantitative estimate of drug-likeness (QED) is 0.665. The number of aromatic amines is 1. The van der Waals surface area contributed by atoms with Gasteiger partial charge in [0.1, 0.15) is 10.6 Å². The smallest absolute Gasteiger partial charge is 0.270 e. The minimum atomic E-state index is -3.94. The maximum absolute atomic E-state index is 12.6. The van der Waals surface area contributed by atoms with E-state index in [1.165, 1.54) is 32.4 Å². The SMILES string of the molecule is CN(C)S(=O)(=O)c1ccccc1CNS(=O)(=O)c1c[nH]c(C(=O)N2CCCC2)c1. The van der Waals surface area contributed by atoms with Crippen LogP contribution in [0.5, 0.6) is 0 Å². The molecule has 2 N–H and O–H groups in total. The maximum Gasteiger partial charge on any atom is 0.270 e. The van der Waals surface area contributed by atoms with Gasteiger partial charge in [0.25, 0.3) is 5.91 Å². The van der Waals surface area contributed by atoms with Gasteiger partial charge >= 0.3 is 0 Å². The summed E-state index contributed by atoms with van der Waals surface area (Å²) in [5.74, 6) is -0.230. The zero-order valence-electron chi connectivity index (χ0n) is 16.3. The second-order valence-electron chi connectivity index (χ2n) is 6.97. The molecule has 9 nitrogen and oxygen atoms in total. The molecule has 0 aliphatic carbocycles. The van der Waals surface area contributed by atoms with Crippen molar-refractivity contribution in [2.75, 3.05) is 27.2 Å². The van der Waals surface area contributed by atoms with Crippen LogP contribution in [0.1, 0.15) is 28.9 Å². The van der Waals surface area contributed by atoms with Crippen molar-refractivity contribution in [1.29, 1.82) is 0 Å². The molecule has 2 heterocycles. The van der Waals surface area contributed by atoms with Gasteiger partial charge in [0.05, 0.1) is 4.90 Å². The van der Waals surface area contributed by atoms with Crippen molar-refractivity contribution in [1.82, 2.24) is 18.9 Å². The molecule has 1 aliphatic rings. The van der Waals surface area contributed by atoms with Gasteiger partial charge in [0.2, 0.25) is 20.0 Å². The third-order valence-corrected chi connectivity index (χ3v) is 8.07. The predicted molar refractivity (Wildman–Crippen MR) is 107 cm³/mol. The van der Waals surface area contributed by atoms with Gasteiger partial charge in [0.15, 0.2) is 0 Å². The Morgan fingerprint density at radius 3 is 2.45 bits per heavy atom. The second kappa shape index (κ2) is 8.27. The lowest BCUT2D eigenvalue weighted by Gasteiger charge is -2.15. The third kappa shape index (κ3) is 4.53. The molecule has 1 amide bonds. The highest BCUT2D eigenvalue weighted by atomic mass is 32.2. The van der Waals surface area contributed by atoms with E-state index in [0.29, 0.717) is 18.7 Å². The van der Waals surface area contributed by atoms with Crippen LogP contribution in [0, 0.1) is 0 Å². The van der Waals surface area contributed by atoms with E-state index in [9.17, 15) is 21.6 Å². The number of rotatable bonds is 7. The highest BCUT2D eigenvalue weighted by Crippen LogP contribution is 2.20. The van der Waals surface area contributed by atoms with Crippen molar-refractivity contribution in [3.05, 3.63) is 47.8 Å². The number of amides is 1. The van der Waals surface area contributed by atoms with Crippen LogP contribution in [0.3, 0.4) is 0 Å². The Morgan fingerprint density at radius 2 is 1.79 bits per heavy atom. The van der Waals surface area contributed by atoms with Crippen LogP contribution < -0.4 is 4.72 Å². The number of nitrogens with one attached hydrogen (secondary N) is 2.